The van der Waals surface area contributed by atoms with Crippen molar-refractivity contribution in [1.82, 2.24) is 4.90 Å². The van der Waals surface area contributed by atoms with Crippen molar-refractivity contribution in [3.8, 4) is 0 Å². The molecule has 2 aromatic rings. The maximum atomic E-state index is 6.22. The van der Waals surface area contributed by atoms with Crippen molar-refractivity contribution in [2.75, 3.05) is 44.2 Å². The molecule has 2 aliphatic heterocycles. The Bertz CT molecular complexity index is 687. The van der Waals surface area contributed by atoms with Crippen LogP contribution in [0.4, 0.5) is 5.69 Å². The van der Waals surface area contributed by atoms with Gasteiger partial charge in [0.15, 0.2) is 6.29 Å². The Morgan fingerprint density at radius 2 is 1.65 bits per heavy atom. The zero-order valence-electron chi connectivity index (χ0n) is 14.9. The van der Waals surface area contributed by atoms with E-state index in [2.05, 4.69) is 68.8 Å². The van der Waals surface area contributed by atoms with Crippen LogP contribution in [0.5, 0.6) is 0 Å². The molecule has 2 atom stereocenters. The molecule has 1 unspecified atom stereocenters. The van der Waals surface area contributed by atoms with E-state index in [0.29, 0.717) is 0 Å². The van der Waals surface area contributed by atoms with Crippen molar-refractivity contribution in [2.45, 2.75) is 18.8 Å². The first-order valence-electron chi connectivity index (χ1n) is 9.33. The summed E-state index contributed by atoms with van der Waals surface area (Å²) in [5, 5.41) is 0. The standard InChI is InChI=1S/C21H25IN2O2/c22-18-6-8-19(9-7-18)24-13-11-23(12-14-24)16-20-10-15-25-21(26-20)17-4-2-1-3-5-17/h1-9,20-21H,10-16H2/t20-,21?/m1/s1. The van der Waals surface area contributed by atoms with Gasteiger partial charge in [0.1, 0.15) is 0 Å². The van der Waals surface area contributed by atoms with Crippen molar-refractivity contribution in [3.05, 3.63) is 63.7 Å². The third-order valence-corrected chi connectivity index (χ3v) is 5.84. The molecule has 0 spiro atoms. The lowest BCUT2D eigenvalue weighted by atomic mass is 10.1. The molecule has 0 amide bonds. The summed E-state index contributed by atoms with van der Waals surface area (Å²) < 4.78 is 13.3. The van der Waals surface area contributed by atoms with Gasteiger partial charge in [0.2, 0.25) is 0 Å². The third-order valence-electron chi connectivity index (χ3n) is 5.12. The van der Waals surface area contributed by atoms with Crippen LogP contribution in [0.3, 0.4) is 0 Å². The average Bonchev–Trinajstić information content (AvgIpc) is 2.70. The van der Waals surface area contributed by atoms with E-state index in [-0.39, 0.29) is 12.4 Å². The molecule has 0 bridgehead atoms. The van der Waals surface area contributed by atoms with Gasteiger partial charge in [-0.1, -0.05) is 30.3 Å². The fourth-order valence-electron chi connectivity index (χ4n) is 3.64. The molecule has 4 rings (SSSR count). The normalized spacial score (nSPS) is 24.6. The molecule has 0 radical (unpaired) electrons. The number of hydrogen-bond acceptors (Lipinski definition) is 4. The number of rotatable bonds is 4. The molecule has 2 heterocycles. The van der Waals surface area contributed by atoms with Gasteiger partial charge in [0.25, 0.3) is 0 Å². The van der Waals surface area contributed by atoms with Crippen LogP contribution in [0.25, 0.3) is 0 Å². The van der Waals surface area contributed by atoms with Crippen LogP contribution in [-0.4, -0.2) is 50.3 Å². The Hall–Kier alpha value is -1.15. The van der Waals surface area contributed by atoms with Gasteiger partial charge in [-0.05, 0) is 53.3 Å². The highest BCUT2D eigenvalue weighted by atomic mass is 127. The first-order valence-corrected chi connectivity index (χ1v) is 10.4. The third kappa shape index (κ3) is 4.57. The Morgan fingerprint density at radius 3 is 2.38 bits per heavy atom. The Labute approximate surface area is 169 Å². The van der Waals surface area contributed by atoms with Crippen LogP contribution in [0, 0.1) is 3.57 Å². The van der Waals surface area contributed by atoms with E-state index in [1.165, 1.54) is 9.26 Å². The van der Waals surface area contributed by atoms with E-state index in [4.69, 9.17) is 9.47 Å². The summed E-state index contributed by atoms with van der Waals surface area (Å²) in [7, 11) is 0. The number of nitrogens with zero attached hydrogens (tertiary/aromatic N) is 2. The maximum absolute atomic E-state index is 6.22. The monoisotopic (exact) mass is 464 g/mol. The number of ether oxygens (including phenoxy) is 2. The van der Waals surface area contributed by atoms with Crippen LogP contribution in [0.2, 0.25) is 0 Å². The highest BCUT2D eigenvalue weighted by Gasteiger charge is 2.27. The minimum atomic E-state index is -0.219. The molecule has 5 heteroatoms. The fourth-order valence-corrected chi connectivity index (χ4v) is 4.00. The van der Waals surface area contributed by atoms with Gasteiger partial charge in [-0.2, -0.15) is 0 Å². The van der Waals surface area contributed by atoms with Gasteiger partial charge in [0, 0.05) is 47.5 Å². The molecule has 2 saturated heterocycles. The number of benzene rings is 2. The van der Waals surface area contributed by atoms with E-state index in [1.807, 2.05) is 18.2 Å². The summed E-state index contributed by atoms with van der Waals surface area (Å²) in [6, 6.07) is 19.1. The average molecular weight is 464 g/mol. The largest absolute Gasteiger partial charge is 0.369 e. The molecule has 26 heavy (non-hydrogen) atoms. The second-order valence-electron chi connectivity index (χ2n) is 6.92. The topological polar surface area (TPSA) is 24.9 Å². The molecular weight excluding hydrogens is 439 g/mol. The molecule has 0 aliphatic carbocycles. The zero-order chi connectivity index (χ0) is 17.8. The van der Waals surface area contributed by atoms with Gasteiger partial charge in [-0.25, -0.2) is 0 Å². The highest BCUT2D eigenvalue weighted by Crippen LogP contribution is 2.27. The van der Waals surface area contributed by atoms with Crippen molar-refractivity contribution < 1.29 is 9.47 Å². The first-order chi connectivity index (χ1) is 12.8. The smallest absolute Gasteiger partial charge is 0.184 e. The second-order valence-corrected chi connectivity index (χ2v) is 8.17. The van der Waals surface area contributed by atoms with Gasteiger partial charge in [-0.3, -0.25) is 4.90 Å². The van der Waals surface area contributed by atoms with E-state index < -0.39 is 0 Å². The lowest BCUT2D eigenvalue weighted by molar-refractivity contribution is -0.220. The fraction of sp³-hybridized carbons (Fsp3) is 0.429. The maximum Gasteiger partial charge on any atom is 0.184 e. The Morgan fingerprint density at radius 1 is 0.923 bits per heavy atom. The number of halogens is 1. The van der Waals surface area contributed by atoms with Crippen LogP contribution < -0.4 is 4.90 Å². The van der Waals surface area contributed by atoms with E-state index in [9.17, 15) is 0 Å². The quantitative estimate of drug-likeness (QED) is 0.641. The number of anilines is 1. The summed E-state index contributed by atoms with van der Waals surface area (Å²) >= 11 is 2.36. The summed E-state index contributed by atoms with van der Waals surface area (Å²) in [5.74, 6) is 0. The predicted octanol–water partition coefficient (Wildman–Crippen LogP) is 3.92. The van der Waals surface area contributed by atoms with E-state index >= 15 is 0 Å². The predicted molar refractivity (Wildman–Crippen MR) is 112 cm³/mol. The molecule has 0 saturated carbocycles. The molecule has 0 aromatic heterocycles. The van der Waals surface area contributed by atoms with Crippen molar-refractivity contribution in [1.29, 1.82) is 0 Å². The van der Waals surface area contributed by atoms with Crippen LogP contribution >= 0.6 is 22.6 Å². The molecule has 2 aliphatic rings. The molecule has 138 valence electrons. The van der Waals surface area contributed by atoms with Crippen molar-refractivity contribution in [3.63, 3.8) is 0 Å². The first kappa shape index (κ1) is 18.2. The number of hydrogen-bond donors (Lipinski definition) is 0. The van der Waals surface area contributed by atoms with Crippen molar-refractivity contribution >= 4 is 28.3 Å². The molecular formula is C21H25IN2O2. The lowest BCUT2D eigenvalue weighted by Crippen LogP contribution is -2.49. The second kappa shape index (κ2) is 8.69. The Kier molecular flexibility index (Phi) is 6.09. The molecule has 2 fully saturated rings. The summed E-state index contributed by atoms with van der Waals surface area (Å²) in [6.45, 7) is 6.09. The van der Waals surface area contributed by atoms with Gasteiger partial charge in [-0.15, -0.1) is 0 Å². The minimum absolute atomic E-state index is 0.219. The van der Waals surface area contributed by atoms with Gasteiger partial charge >= 0.3 is 0 Å². The molecule has 2 aromatic carbocycles. The van der Waals surface area contributed by atoms with Crippen LogP contribution in [-0.2, 0) is 9.47 Å². The van der Waals surface area contributed by atoms with Gasteiger partial charge in [0.05, 0.1) is 12.7 Å². The minimum Gasteiger partial charge on any atom is -0.369 e. The van der Waals surface area contributed by atoms with E-state index in [1.54, 1.807) is 0 Å². The van der Waals surface area contributed by atoms with Crippen LogP contribution in [0.15, 0.2) is 54.6 Å². The van der Waals surface area contributed by atoms with E-state index in [0.717, 1.165) is 51.3 Å². The summed E-state index contributed by atoms with van der Waals surface area (Å²) in [4.78, 5) is 5.01. The highest BCUT2D eigenvalue weighted by molar-refractivity contribution is 14.1. The lowest BCUT2D eigenvalue weighted by Gasteiger charge is -2.39. The zero-order valence-corrected chi connectivity index (χ0v) is 17.0. The number of piperazine rings is 1. The molecule has 4 nitrogen and oxygen atoms in total. The summed E-state index contributed by atoms with van der Waals surface area (Å²) in [6.07, 6.45) is 1.00. The Balaban J connectivity index is 1.28. The van der Waals surface area contributed by atoms with Crippen LogP contribution in [0.1, 0.15) is 18.3 Å². The molecule has 0 N–H and O–H groups in total. The van der Waals surface area contributed by atoms with Gasteiger partial charge < -0.3 is 14.4 Å². The van der Waals surface area contributed by atoms with Crippen molar-refractivity contribution in [2.24, 2.45) is 0 Å². The SMILES string of the molecule is Ic1ccc(N2CCN(C[C@H]3CCOC(c4ccccc4)O3)CC2)cc1. The summed E-state index contributed by atoms with van der Waals surface area (Å²) in [5.41, 5.74) is 2.44.